The summed E-state index contributed by atoms with van der Waals surface area (Å²) in [6.07, 6.45) is 0.789. The molecule has 0 atom stereocenters. The Hall–Kier alpha value is -2.01. The van der Waals surface area contributed by atoms with E-state index in [4.69, 9.17) is 4.52 Å². The van der Waals surface area contributed by atoms with E-state index >= 15 is 0 Å². The van der Waals surface area contributed by atoms with Gasteiger partial charge in [-0.1, -0.05) is 29.4 Å². The number of hydrogen-bond donors (Lipinski definition) is 0. The first-order chi connectivity index (χ1) is 8.20. The van der Waals surface area contributed by atoms with Crippen LogP contribution >= 0.6 is 0 Å². The van der Waals surface area contributed by atoms with Gasteiger partial charge in [0.25, 0.3) is 0 Å². The fourth-order valence-electron chi connectivity index (χ4n) is 1.50. The van der Waals surface area contributed by atoms with Gasteiger partial charge >= 0.3 is 0 Å². The van der Waals surface area contributed by atoms with Crippen molar-refractivity contribution >= 4 is 6.29 Å². The minimum Gasteiger partial charge on any atom is -0.338 e. The van der Waals surface area contributed by atoms with Gasteiger partial charge in [-0.05, 0) is 14.1 Å². The second kappa shape index (κ2) is 4.88. The molecule has 0 unspecified atom stereocenters. The van der Waals surface area contributed by atoms with Crippen molar-refractivity contribution in [1.29, 1.82) is 0 Å². The van der Waals surface area contributed by atoms with Crippen molar-refractivity contribution in [2.75, 3.05) is 14.1 Å². The summed E-state index contributed by atoms with van der Waals surface area (Å²) in [5, 5.41) is 3.88. The summed E-state index contributed by atoms with van der Waals surface area (Å²) in [5.74, 6) is 0.982. The molecule has 0 saturated heterocycles. The first kappa shape index (κ1) is 11.5. The van der Waals surface area contributed by atoms with Crippen LogP contribution in [0, 0.1) is 0 Å². The second-order valence-corrected chi connectivity index (χ2v) is 3.95. The molecule has 2 aromatic rings. The van der Waals surface area contributed by atoms with Crippen LogP contribution in [0.3, 0.4) is 0 Å². The normalized spacial score (nSPS) is 10.8. The van der Waals surface area contributed by atoms with E-state index in [9.17, 15) is 4.79 Å². The predicted molar refractivity (Wildman–Crippen MR) is 62.5 cm³/mol. The predicted octanol–water partition coefficient (Wildman–Crippen LogP) is 1.61. The maximum Gasteiger partial charge on any atom is 0.241 e. The zero-order valence-corrected chi connectivity index (χ0v) is 9.75. The molecular weight excluding hydrogens is 218 g/mol. The van der Waals surface area contributed by atoms with E-state index in [2.05, 4.69) is 10.1 Å². The van der Waals surface area contributed by atoms with Crippen LogP contribution in [0.5, 0.6) is 0 Å². The van der Waals surface area contributed by atoms with Gasteiger partial charge in [-0.3, -0.25) is 4.79 Å². The van der Waals surface area contributed by atoms with Crippen molar-refractivity contribution in [2.45, 2.75) is 6.54 Å². The van der Waals surface area contributed by atoms with Gasteiger partial charge in [0.15, 0.2) is 6.29 Å². The fourth-order valence-corrected chi connectivity index (χ4v) is 1.50. The Balaban J connectivity index is 2.33. The molecule has 0 amide bonds. The highest BCUT2D eigenvalue weighted by molar-refractivity contribution is 5.85. The Morgan fingerprint density at radius 3 is 2.82 bits per heavy atom. The molecular formula is C12H13N3O2. The van der Waals surface area contributed by atoms with Gasteiger partial charge in [0.1, 0.15) is 0 Å². The minimum absolute atomic E-state index is 0.449. The van der Waals surface area contributed by atoms with Gasteiger partial charge in [-0.15, -0.1) is 0 Å². The monoisotopic (exact) mass is 231 g/mol. The topological polar surface area (TPSA) is 59.2 Å². The van der Waals surface area contributed by atoms with Gasteiger partial charge in [0.05, 0.1) is 6.54 Å². The van der Waals surface area contributed by atoms with E-state index in [0.29, 0.717) is 29.4 Å². The number of carbonyl (C=O) groups is 1. The first-order valence-corrected chi connectivity index (χ1v) is 5.22. The van der Waals surface area contributed by atoms with E-state index in [1.165, 1.54) is 0 Å². The van der Waals surface area contributed by atoms with Crippen molar-refractivity contribution in [2.24, 2.45) is 0 Å². The minimum atomic E-state index is 0.449. The molecule has 0 radical (unpaired) electrons. The smallest absolute Gasteiger partial charge is 0.241 e. The molecule has 0 N–H and O–H groups in total. The van der Waals surface area contributed by atoms with Gasteiger partial charge < -0.3 is 9.42 Å². The Bertz CT molecular complexity index is 520. The van der Waals surface area contributed by atoms with Crippen LogP contribution in [0.1, 0.15) is 16.2 Å². The highest BCUT2D eigenvalue weighted by atomic mass is 16.5. The Morgan fingerprint density at radius 2 is 2.12 bits per heavy atom. The lowest BCUT2D eigenvalue weighted by atomic mass is 10.1. The van der Waals surface area contributed by atoms with E-state index in [1.807, 2.05) is 25.1 Å². The lowest BCUT2D eigenvalue weighted by molar-refractivity contribution is 0.112. The van der Waals surface area contributed by atoms with Crippen molar-refractivity contribution in [3.05, 3.63) is 35.7 Å². The van der Waals surface area contributed by atoms with Gasteiger partial charge in [-0.25, -0.2) is 0 Å². The van der Waals surface area contributed by atoms with Crippen LogP contribution < -0.4 is 0 Å². The molecule has 0 aliphatic carbocycles. The lowest BCUT2D eigenvalue weighted by Crippen LogP contribution is -2.10. The molecule has 0 spiro atoms. The van der Waals surface area contributed by atoms with Crippen molar-refractivity contribution < 1.29 is 9.32 Å². The van der Waals surface area contributed by atoms with Crippen LogP contribution in [-0.4, -0.2) is 35.4 Å². The van der Waals surface area contributed by atoms with Gasteiger partial charge in [0.2, 0.25) is 11.7 Å². The fraction of sp³-hybridized carbons (Fsp3) is 0.250. The van der Waals surface area contributed by atoms with Crippen molar-refractivity contribution in [3.63, 3.8) is 0 Å². The molecule has 0 bridgehead atoms. The summed E-state index contributed by atoms with van der Waals surface area (Å²) >= 11 is 0. The molecule has 0 aliphatic rings. The van der Waals surface area contributed by atoms with Crippen molar-refractivity contribution in [1.82, 2.24) is 15.0 Å². The van der Waals surface area contributed by atoms with Crippen LogP contribution in [-0.2, 0) is 6.54 Å². The average molecular weight is 231 g/mol. The number of aromatic nitrogens is 2. The molecule has 5 heteroatoms. The summed E-state index contributed by atoms with van der Waals surface area (Å²) in [6, 6.07) is 7.16. The summed E-state index contributed by atoms with van der Waals surface area (Å²) in [7, 11) is 3.84. The van der Waals surface area contributed by atoms with Crippen LogP contribution in [0.15, 0.2) is 28.8 Å². The molecule has 0 aliphatic heterocycles. The number of rotatable bonds is 4. The summed E-state index contributed by atoms with van der Waals surface area (Å²) in [5.41, 5.74) is 1.25. The molecule has 0 saturated carbocycles. The number of nitrogens with zero attached hydrogens (tertiary/aromatic N) is 3. The van der Waals surface area contributed by atoms with Crippen LogP contribution in [0.25, 0.3) is 11.4 Å². The first-order valence-electron chi connectivity index (χ1n) is 5.22. The Labute approximate surface area is 99.1 Å². The van der Waals surface area contributed by atoms with E-state index in [0.717, 1.165) is 6.29 Å². The molecule has 17 heavy (non-hydrogen) atoms. The zero-order valence-electron chi connectivity index (χ0n) is 9.75. The summed E-state index contributed by atoms with van der Waals surface area (Å²) < 4.78 is 5.11. The second-order valence-electron chi connectivity index (χ2n) is 3.95. The Morgan fingerprint density at radius 1 is 1.35 bits per heavy atom. The SMILES string of the molecule is CN(C)Cc1nc(-c2ccccc2C=O)no1. The number of carbonyl (C=O) groups excluding carboxylic acids is 1. The number of aldehydes is 1. The quantitative estimate of drug-likeness (QED) is 0.748. The van der Waals surface area contributed by atoms with Crippen LogP contribution in [0.4, 0.5) is 0 Å². The van der Waals surface area contributed by atoms with Gasteiger partial charge in [-0.2, -0.15) is 4.98 Å². The highest BCUT2D eigenvalue weighted by Crippen LogP contribution is 2.19. The molecule has 0 fully saturated rings. The van der Waals surface area contributed by atoms with E-state index in [1.54, 1.807) is 18.2 Å². The summed E-state index contributed by atoms with van der Waals surface area (Å²) in [4.78, 5) is 17.1. The zero-order chi connectivity index (χ0) is 12.3. The number of hydrogen-bond acceptors (Lipinski definition) is 5. The van der Waals surface area contributed by atoms with E-state index in [-0.39, 0.29) is 0 Å². The standard InChI is InChI=1S/C12H13N3O2/c1-15(2)7-11-13-12(14-17-11)10-6-4-3-5-9(10)8-16/h3-6,8H,7H2,1-2H3. The molecule has 1 aromatic heterocycles. The van der Waals surface area contributed by atoms with Gasteiger partial charge in [0, 0.05) is 11.1 Å². The largest absolute Gasteiger partial charge is 0.338 e. The molecule has 1 aromatic carbocycles. The molecule has 88 valence electrons. The van der Waals surface area contributed by atoms with Crippen LogP contribution in [0.2, 0.25) is 0 Å². The lowest BCUT2D eigenvalue weighted by Gasteiger charge is -2.03. The van der Waals surface area contributed by atoms with E-state index < -0.39 is 0 Å². The maximum atomic E-state index is 10.9. The third-order valence-corrected chi connectivity index (χ3v) is 2.25. The molecule has 2 rings (SSSR count). The third-order valence-electron chi connectivity index (χ3n) is 2.25. The number of benzene rings is 1. The maximum absolute atomic E-state index is 10.9. The molecule has 5 nitrogen and oxygen atoms in total. The molecule has 1 heterocycles. The summed E-state index contributed by atoms with van der Waals surface area (Å²) in [6.45, 7) is 0.580. The third kappa shape index (κ3) is 2.57. The van der Waals surface area contributed by atoms with Crippen molar-refractivity contribution in [3.8, 4) is 11.4 Å². The Kier molecular flexibility index (Phi) is 3.30. The average Bonchev–Trinajstić information content (AvgIpc) is 2.76. The highest BCUT2D eigenvalue weighted by Gasteiger charge is 2.11.